The molecule has 1 aliphatic heterocycles. The molecule has 3 rings (SSSR count). The molecule has 3 nitrogen and oxygen atoms in total. The lowest BCUT2D eigenvalue weighted by atomic mass is 9.83. The molecule has 1 heterocycles. The predicted molar refractivity (Wildman–Crippen MR) is 78.4 cm³/mol. The average molecular weight is 266 g/mol. The zero-order chi connectivity index (χ0) is 13.1. The third kappa shape index (κ3) is 3.14. The van der Waals surface area contributed by atoms with Gasteiger partial charge in [-0.3, -0.25) is 4.90 Å². The van der Waals surface area contributed by atoms with Crippen LogP contribution in [-0.2, 0) is 4.74 Å². The lowest BCUT2D eigenvalue weighted by molar-refractivity contribution is -0.0631. The topological polar surface area (TPSA) is 24.5 Å². The van der Waals surface area contributed by atoms with E-state index in [1.807, 2.05) is 0 Å². The summed E-state index contributed by atoms with van der Waals surface area (Å²) in [6.45, 7) is 6.79. The van der Waals surface area contributed by atoms with Crippen molar-refractivity contribution in [3.8, 4) is 0 Å². The molecule has 4 unspecified atom stereocenters. The molecule has 4 atom stereocenters. The van der Waals surface area contributed by atoms with Crippen molar-refractivity contribution in [3.63, 3.8) is 0 Å². The Morgan fingerprint density at radius 1 is 1.11 bits per heavy atom. The Bertz CT molecular complexity index is 282. The largest absolute Gasteiger partial charge is 0.375 e. The first-order chi connectivity index (χ1) is 9.38. The maximum absolute atomic E-state index is 5.94. The number of fused-ring (bicyclic) bond motifs is 1. The molecular weight excluding hydrogens is 236 g/mol. The standard InChI is InChI=1S/C16H30N2O/c1-2-17-14-7-4-3-6-13(14)12-18-10-11-19-16-9-5-8-15(16)18/h13-17H,2-12H2,1H3. The quantitative estimate of drug-likeness (QED) is 0.845. The Labute approximate surface area is 118 Å². The summed E-state index contributed by atoms with van der Waals surface area (Å²) in [5.74, 6) is 0.869. The molecule has 19 heavy (non-hydrogen) atoms. The minimum absolute atomic E-state index is 0.551. The van der Waals surface area contributed by atoms with Gasteiger partial charge in [0, 0.05) is 25.2 Å². The molecule has 1 N–H and O–H groups in total. The Hall–Kier alpha value is -0.120. The molecule has 0 aromatic heterocycles. The number of ether oxygens (including phenoxy) is 1. The van der Waals surface area contributed by atoms with E-state index in [2.05, 4.69) is 17.1 Å². The van der Waals surface area contributed by atoms with E-state index in [1.54, 1.807) is 0 Å². The van der Waals surface area contributed by atoms with Gasteiger partial charge in [0.2, 0.25) is 0 Å². The van der Waals surface area contributed by atoms with Gasteiger partial charge in [0.25, 0.3) is 0 Å². The Morgan fingerprint density at radius 2 is 2.00 bits per heavy atom. The number of nitrogens with one attached hydrogen (secondary N) is 1. The summed E-state index contributed by atoms with van der Waals surface area (Å²) < 4.78 is 5.94. The number of morpholine rings is 1. The molecule has 3 aliphatic rings. The molecule has 3 heteroatoms. The minimum atomic E-state index is 0.551. The van der Waals surface area contributed by atoms with E-state index in [-0.39, 0.29) is 0 Å². The fraction of sp³-hybridized carbons (Fsp3) is 1.00. The summed E-state index contributed by atoms with van der Waals surface area (Å²) in [6, 6.07) is 1.50. The smallest absolute Gasteiger partial charge is 0.0730 e. The number of hydrogen-bond acceptors (Lipinski definition) is 3. The van der Waals surface area contributed by atoms with Gasteiger partial charge in [0.1, 0.15) is 0 Å². The molecule has 1 saturated heterocycles. The van der Waals surface area contributed by atoms with Crippen molar-refractivity contribution in [3.05, 3.63) is 0 Å². The van der Waals surface area contributed by atoms with Crippen molar-refractivity contribution in [1.82, 2.24) is 10.2 Å². The predicted octanol–water partition coefficient (Wildman–Crippen LogP) is 2.41. The number of nitrogens with zero attached hydrogens (tertiary/aromatic N) is 1. The number of rotatable bonds is 4. The highest BCUT2D eigenvalue weighted by molar-refractivity contribution is 4.92. The van der Waals surface area contributed by atoms with E-state index >= 15 is 0 Å². The zero-order valence-corrected chi connectivity index (χ0v) is 12.4. The molecule has 0 radical (unpaired) electrons. The summed E-state index contributed by atoms with van der Waals surface area (Å²) in [5.41, 5.74) is 0. The molecule has 2 aliphatic carbocycles. The van der Waals surface area contributed by atoms with Crippen LogP contribution >= 0.6 is 0 Å². The van der Waals surface area contributed by atoms with Crippen molar-refractivity contribution in [1.29, 1.82) is 0 Å². The maximum Gasteiger partial charge on any atom is 0.0730 e. The molecule has 3 fully saturated rings. The lowest BCUT2D eigenvalue weighted by Gasteiger charge is -2.42. The van der Waals surface area contributed by atoms with Gasteiger partial charge in [-0.15, -0.1) is 0 Å². The van der Waals surface area contributed by atoms with E-state index in [9.17, 15) is 0 Å². The van der Waals surface area contributed by atoms with Crippen LogP contribution in [-0.4, -0.2) is 49.3 Å². The first-order valence-corrected chi connectivity index (χ1v) is 8.47. The van der Waals surface area contributed by atoms with Crippen molar-refractivity contribution in [2.45, 2.75) is 70.1 Å². The van der Waals surface area contributed by atoms with E-state index in [1.165, 1.54) is 51.5 Å². The van der Waals surface area contributed by atoms with Gasteiger partial charge in [0.15, 0.2) is 0 Å². The lowest BCUT2D eigenvalue weighted by Crippen LogP contribution is -2.53. The summed E-state index contributed by atoms with van der Waals surface area (Å²) in [6.07, 6.45) is 10.2. The van der Waals surface area contributed by atoms with Crippen LogP contribution in [0.25, 0.3) is 0 Å². The second-order valence-corrected chi connectivity index (χ2v) is 6.61. The Morgan fingerprint density at radius 3 is 2.89 bits per heavy atom. The first-order valence-electron chi connectivity index (χ1n) is 8.47. The summed E-state index contributed by atoms with van der Waals surface area (Å²) in [4.78, 5) is 2.77. The van der Waals surface area contributed by atoms with Crippen LogP contribution in [0.4, 0.5) is 0 Å². The zero-order valence-electron chi connectivity index (χ0n) is 12.4. The molecule has 110 valence electrons. The second-order valence-electron chi connectivity index (χ2n) is 6.61. The van der Waals surface area contributed by atoms with Crippen molar-refractivity contribution in [2.24, 2.45) is 5.92 Å². The first kappa shape index (κ1) is 13.8. The van der Waals surface area contributed by atoms with Crippen molar-refractivity contribution < 1.29 is 4.74 Å². The fourth-order valence-electron chi connectivity index (χ4n) is 4.49. The molecule has 0 spiro atoms. The SMILES string of the molecule is CCNC1CCCCC1CN1CCOC2CCCC21. The van der Waals surface area contributed by atoms with E-state index in [0.29, 0.717) is 6.10 Å². The highest BCUT2D eigenvalue weighted by atomic mass is 16.5. The highest BCUT2D eigenvalue weighted by Gasteiger charge is 2.37. The maximum atomic E-state index is 5.94. The van der Waals surface area contributed by atoms with Crippen LogP contribution in [0, 0.1) is 5.92 Å². The van der Waals surface area contributed by atoms with E-state index in [4.69, 9.17) is 4.74 Å². The fourth-order valence-corrected chi connectivity index (χ4v) is 4.49. The van der Waals surface area contributed by atoms with Gasteiger partial charge >= 0.3 is 0 Å². The molecule has 0 aromatic carbocycles. The summed E-state index contributed by atoms with van der Waals surface area (Å²) in [5, 5.41) is 3.73. The van der Waals surface area contributed by atoms with Crippen LogP contribution in [0.5, 0.6) is 0 Å². The monoisotopic (exact) mass is 266 g/mol. The van der Waals surface area contributed by atoms with Gasteiger partial charge in [-0.25, -0.2) is 0 Å². The molecular formula is C16H30N2O. The highest BCUT2D eigenvalue weighted by Crippen LogP contribution is 2.32. The normalized spacial score (nSPS) is 40.3. The van der Waals surface area contributed by atoms with Crippen LogP contribution < -0.4 is 5.32 Å². The minimum Gasteiger partial charge on any atom is -0.375 e. The average Bonchev–Trinajstić information content (AvgIpc) is 2.91. The van der Waals surface area contributed by atoms with Gasteiger partial charge in [-0.05, 0) is 44.6 Å². The van der Waals surface area contributed by atoms with Crippen molar-refractivity contribution in [2.75, 3.05) is 26.2 Å². The Kier molecular flexibility index (Phi) is 4.78. The molecule has 0 bridgehead atoms. The third-order valence-electron chi connectivity index (χ3n) is 5.44. The third-order valence-corrected chi connectivity index (χ3v) is 5.44. The van der Waals surface area contributed by atoms with Crippen LogP contribution in [0.3, 0.4) is 0 Å². The van der Waals surface area contributed by atoms with Crippen LogP contribution in [0.1, 0.15) is 51.9 Å². The van der Waals surface area contributed by atoms with Gasteiger partial charge in [-0.2, -0.15) is 0 Å². The molecule has 2 saturated carbocycles. The Balaban J connectivity index is 1.59. The van der Waals surface area contributed by atoms with Gasteiger partial charge < -0.3 is 10.1 Å². The number of hydrogen-bond donors (Lipinski definition) is 1. The molecule has 0 aromatic rings. The van der Waals surface area contributed by atoms with E-state index in [0.717, 1.165) is 37.7 Å². The summed E-state index contributed by atoms with van der Waals surface area (Å²) >= 11 is 0. The van der Waals surface area contributed by atoms with E-state index < -0.39 is 0 Å². The van der Waals surface area contributed by atoms with Crippen LogP contribution in [0.15, 0.2) is 0 Å². The van der Waals surface area contributed by atoms with Gasteiger partial charge in [0.05, 0.1) is 12.7 Å². The van der Waals surface area contributed by atoms with Crippen molar-refractivity contribution >= 4 is 0 Å². The molecule has 0 amide bonds. The summed E-state index contributed by atoms with van der Waals surface area (Å²) in [7, 11) is 0. The van der Waals surface area contributed by atoms with Gasteiger partial charge in [-0.1, -0.05) is 19.8 Å². The second kappa shape index (κ2) is 6.55. The van der Waals surface area contributed by atoms with Crippen LogP contribution in [0.2, 0.25) is 0 Å².